The van der Waals surface area contributed by atoms with Gasteiger partial charge in [0.05, 0.1) is 23.2 Å². The average Bonchev–Trinajstić information content (AvgIpc) is 2.56. The third-order valence-electron chi connectivity index (χ3n) is 3.39. The van der Waals surface area contributed by atoms with Gasteiger partial charge in [0.15, 0.2) is 0 Å². The van der Waals surface area contributed by atoms with Crippen LogP contribution in [0.25, 0.3) is 0 Å². The highest BCUT2D eigenvalue weighted by Gasteiger charge is 2.21. The SMILES string of the molecule is CS(=O)(=O)N(CCC(=O)Nc1ccccc1C#N)c1ccccc1F. The standard InChI is InChI=1S/C17H16FN3O3S/c1-25(23,24)21(16-9-5-3-7-14(16)18)11-10-17(22)20-15-8-4-2-6-13(15)12-19/h2-9H,10-11H2,1H3,(H,20,22). The number of nitrogens with one attached hydrogen (secondary N) is 1. The van der Waals surface area contributed by atoms with Gasteiger partial charge in [-0.2, -0.15) is 5.26 Å². The van der Waals surface area contributed by atoms with Crippen LogP contribution in [0, 0.1) is 17.1 Å². The van der Waals surface area contributed by atoms with E-state index in [4.69, 9.17) is 5.26 Å². The van der Waals surface area contributed by atoms with Crippen molar-refractivity contribution in [3.63, 3.8) is 0 Å². The quantitative estimate of drug-likeness (QED) is 0.856. The van der Waals surface area contributed by atoms with E-state index in [1.54, 1.807) is 24.3 Å². The minimum Gasteiger partial charge on any atom is -0.325 e. The smallest absolute Gasteiger partial charge is 0.232 e. The second-order valence-corrected chi connectivity index (χ2v) is 7.15. The molecule has 130 valence electrons. The number of carbonyl (C=O) groups excluding carboxylic acids is 1. The lowest BCUT2D eigenvalue weighted by atomic mass is 10.2. The molecule has 0 fully saturated rings. The van der Waals surface area contributed by atoms with Crippen LogP contribution >= 0.6 is 0 Å². The maximum absolute atomic E-state index is 13.9. The molecule has 0 spiro atoms. The summed E-state index contributed by atoms with van der Waals surface area (Å²) >= 11 is 0. The summed E-state index contributed by atoms with van der Waals surface area (Å²) < 4.78 is 38.6. The van der Waals surface area contributed by atoms with E-state index in [0.717, 1.165) is 16.6 Å². The minimum atomic E-state index is -3.76. The maximum Gasteiger partial charge on any atom is 0.232 e. The fourth-order valence-corrected chi connectivity index (χ4v) is 3.15. The van der Waals surface area contributed by atoms with Crippen molar-refractivity contribution >= 4 is 27.3 Å². The largest absolute Gasteiger partial charge is 0.325 e. The zero-order valence-corrected chi connectivity index (χ0v) is 14.3. The molecule has 8 heteroatoms. The van der Waals surface area contributed by atoms with Crippen molar-refractivity contribution in [2.24, 2.45) is 0 Å². The molecule has 0 radical (unpaired) electrons. The maximum atomic E-state index is 13.9. The lowest BCUT2D eigenvalue weighted by Crippen LogP contribution is -2.33. The zero-order chi connectivity index (χ0) is 18.4. The van der Waals surface area contributed by atoms with Crippen LogP contribution in [0.5, 0.6) is 0 Å². The Morgan fingerprint density at radius 3 is 2.48 bits per heavy atom. The van der Waals surface area contributed by atoms with Gasteiger partial charge in [0, 0.05) is 13.0 Å². The Bertz CT molecular complexity index is 923. The van der Waals surface area contributed by atoms with Gasteiger partial charge >= 0.3 is 0 Å². The fourth-order valence-electron chi connectivity index (χ4n) is 2.22. The molecule has 2 rings (SSSR count). The molecular weight excluding hydrogens is 345 g/mol. The molecule has 0 heterocycles. The Hall–Kier alpha value is -2.92. The van der Waals surface area contributed by atoms with Gasteiger partial charge in [-0.15, -0.1) is 0 Å². The number of nitriles is 1. The minimum absolute atomic E-state index is 0.116. The van der Waals surface area contributed by atoms with Crippen LogP contribution in [0.4, 0.5) is 15.8 Å². The van der Waals surface area contributed by atoms with Crippen molar-refractivity contribution in [2.45, 2.75) is 6.42 Å². The molecule has 0 saturated carbocycles. The number of anilines is 2. The molecule has 0 unspecified atom stereocenters. The van der Waals surface area contributed by atoms with E-state index >= 15 is 0 Å². The lowest BCUT2D eigenvalue weighted by molar-refractivity contribution is -0.116. The molecule has 1 N–H and O–H groups in total. The lowest BCUT2D eigenvalue weighted by Gasteiger charge is -2.22. The van der Waals surface area contributed by atoms with Gasteiger partial charge in [-0.3, -0.25) is 9.10 Å². The first-order valence-corrected chi connectivity index (χ1v) is 9.19. The summed E-state index contributed by atoms with van der Waals surface area (Å²) in [6.07, 6.45) is 0.753. The van der Waals surface area contributed by atoms with Crippen LogP contribution in [-0.4, -0.2) is 27.1 Å². The number of hydrogen-bond acceptors (Lipinski definition) is 4. The molecule has 0 atom stereocenters. The molecule has 25 heavy (non-hydrogen) atoms. The van der Waals surface area contributed by atoms with Crippen molar-refractivity contribution in [1.29, 1.82) is 5.26 Å². The summed E-state index contributed by atoms with van der Waals surface area (Å²) in [7, 11) is -3.76. The summed E-state index contributed by atoms with van der Waals surface area (Å²) in [6, 6.07) is 13.9. The van der Waals surface area contributed by atoms with Gasteiger partial charge in [-0.1, -0.05) is 24.3 Å². The van der Waals surface area contributed by atoms with Gasteiger partial charge in [0.2, 0.25) is 15.9 Å². The number of para-hydroxylation sites is 2. The highest BCUT2D eigenvalue weighted by atomic mass is 32.2. The highest BCUT2D eigenvalue weighted by Crippen LogP contribution is 2.22. The van der Waals surface area contributed by atoms with E-state index in [0.29, 0.717) is 11.3 Å². The normalized spacial score (nSPS) is 10.8. The van der Waals surface area contributed by atoms with Crippen molar-refractivity contribution < 1.29 is 17.6 Å². The number of benzene rings is 2. The van der Waals surface area contributed by atoms with Crippen LogP contribution < -0.4 is 9.62 Å². The molecular formula is C17H16FN3O3S. The molecule has 0 aliphatic heterocycles. The molecule has 0 saturated heterocycles. The van der Waals surface area contributed by atoms with Gasteiger partial charge < -0.3 is 5.32 Å². The molecule has 0 aliphatic rings. The first kappa shape index (κ1) is 18.4. The Morgan fingerprint density at radius 1 is 1.20 bits per heavy atom. The topological polar surface area (TPSA) is 90.3 Å². The number of rotatable bonds is 6. The first-order valence-electron chi connectivity index (χ1n) is 7.34. The van der Waals surface area contributed by atoms with E-state index in [2.05, 4.69) is 5.32 Å². The van der Waals surface area contributed by atoms with Gasteiger partial charge in [0.25, 0.3) is 0 Å². The average molecular weight is 361 g/mol. The molecule has 6 nitrogen and oxygen atoms in total. The van der Waals surface area contributed by atoms with Crippen LogP contribution in [0.2, 0.25) is 0 Å². The summed E-state index contributed by atoms with van der Waals surface area (Å²) in [4.78, 5) is 12.1. The van der Waals surface area contributed by atoms with Crippen LogP contribution in [-0.2, 0) is 14.8 Å². The van der Waals surface area contributed by atoms with E-state index in [9.17, 15) is 17.6 Å². The number of hydrogen-bond donors (Lipinski definition) is 1. The van der Waals surface area contributed by atoms with Crippen molar-refractivity contribution in [1.82, 2.24) is 0 Å². The third-order valence-corrected chi connectivity index (χ3v) is 4.56. The monoisotopic (exact) mass is 361 g/mol. The van der Waals surface area contributed by atoms with Gasteiger partial charge in [0.1, 0.15) is 11.9 Å². The number of sulfonamides is 1. The molecule has 0 aliphatic carbocycles. The fraction of sp³-hybridized carbons (Fsp3) is 0.176. The van der Waals surface area contributed by atoms with Gasteiger partial charge in [-0.25, -0.2) is 12.8 Å². The van der Waals surface area contributed by atoms with Gasteiger partial charge in [-0.05, 0) is 24.3 Å². The van der Waals surface area contributed by atoms with E-state index in [1.807, 2.05) is 6.07 Å². The summed E-state index contributed by atoms with van der Waals surface area (Å²) in [5.41, 5.74) is 0.520. The third kappa shape index (κ3) is 4.78. The molecule has 2 aromatic carbocycles. The number of nitrogens with zero attached hydrogens (tertiary/aromatic N) is 2. The van der Waals surface area contributed by atoms with Crippen LogP contribution in [0.3, 0.4) is 0 Å². The predicted molar refractivity (Wildman–Crippen MR) is 93.0 cm³/mol. The Balaban J connectivity index is 2.13. The molecule has 0 bridgehead atoms. The van der Waals surface area contributed by atoms with E-state index in [-0.39, 0.29) is 18.7 Å². The van der Waals surface area contributed by atoms with Crippen LogP contribution in [0.1, 0.15) is 12.0 Å². The highest BCUT2D eigenvalue weighted by molar-refractivity contribution is 7.92. The molecule has 2 aromatic rings. The second-order valence-electron chi connectivity index (χ2n) is 5.24. The summed E-state index contributed by atoms with van der Waals surface area (Å²) in [5.74, 6) is -1.17. The molecule has 1 amide bonds. The summed E-state index contributed by atoms with van der Waals surface area (Å²) in [5, 5.41) is 11.6. The predicted octanol–water partition coefficient (Wildman–Crippen LogP) is 2.49. The number of halogens is 1. The van der Waals surface area contributed by atoms with Crippen molar-refractivity contribution in [2.75, 3.05) is 22.4 Å². The second kappa shape index (κ2) is 7.77. The van der Waals surface area contributed by atoms with Crippen molar-refractivity contribution in [3.05, 3.63) is 59.9 Å². The Morgan fingerprint density at radius 2 is 1.84 bits per heavy atom. The number of amides is 1. The Labute approximate surface area is 145 Å². The van der Waals surface area contributed by atoms with Crippen molar-refractivity contribution in [3.8, 4) is 6.07 Å². The van der Waals surface area contributed by atoms with Crippen LogP contribution in [0.15, 0.2) is 48.5 Å². The number of carbonyl (C=O) groups is 1. The molecule has 0 aromatic heterocycles. The zero-order valence-electron chi connectivity index (χ0n) is 13.4. The summed E-state index contributed by atoms with van der Waals surface area (Å²) in [6.45, 7) is -0.222. The van der Waals surface area contributed by atoms with E-state index < -0.39 is 21.7 Å². The van der Waals surface area contributed by atoms with E-state index in [1.165, 1.54) is 18.2 Å². The first-order chi connectivity index (χ1) is 11.8. The Kier molecular flexibility index (Phi) is 5.72.